The number of morpholine rings is 1. The predicted molar refractivity (Wildman–Crippen MR) is 88.0 cm³/mol. The number of nitrogens with zero attached hydrogens (tertiary/aromatic N) is 2. The number of rotatable bonds is 3. The van der Waals surface area contributed by atoms with E-state index in [2.05, 4.69) is 0 Å². The van der Waals surface area contributed by atoms with Crippen LogP contribution in [0.25, 0.3) is 0 Å². The lowest BCUT2D eigenvalue weighted by atomic mass is 9.80. The van der Waals surface area contributed by atoms with Crippen molar-refractivity contribution in [2.24, 2.45) is 5.92 Å². The number of aliphatic hydroxyl groups is 1. The predicted octanol–water partition coefficient (Wildman–Crippen LogP) is 3.00. The first-order valence-corrected chi connectivity index (χ1v) is 8.42. The van der Waals surface area contributed by atoms with E-state index in [9.17, 15) is 15.2 Å². The third-order valence-corrected chi connectivity index (χ3v) is 5.12. The van der Waals surface area contributed by atoms with Gasteiger partial charge in [0.25, 0.3) is 5.69 Å². The van der Waals surface area contributed by atoms with Gasteiger partial charge in [-0.1, -0.05) is 24.4 Å². The molecule has 3 unspecified atom stereocenters. The first-order valence-electron chi connectivity index (χ1n) is 8.04. The van der Waals surface area contributed by atoms with Gasteiger partial charge in [0.15, 0.2) is 0 Å². The van der Waals surface area contributed by atoms with Crippen molar-refractivity contribution in [3.63, 3.8) is 0 Å². The Morgan fingerprint density at radius 3 is 2.87 bits per heavy atom. The summed E-state index contributed by atoms with van der Waals surface area (Å²) in [5.74, 6) is 0.0827. The van der Waals surface area contributed by atoms with Gasteiger partial charge in [-0.05, 0) is 25.0 Å². The summed E-state index contributed by atoms with van der Waals surface area (Å²) < 4.78 is 5.61. The second-order valence-corrected chi connectivity index (χ2v) is 6.68. The number of aliphatic hydroxyl groups excluding tert-OH is 1. The van der Waals surface area contributed by atoms with Gasteiger partial charge in [0.1, 0.15) is 5.69 Å². The van der Waals surface area contributed by atoms with Crippen molar-refractivity contribution in [1.82, 2.24) is 0 Å². The highest BCUT2D eigenvalue weighted by atomic mass is 35.5. The topological polar surface area (TPSA) is 75.8 Å². The fraction of sp³-hybridized carbons (Fsp3) is 0.625. The summed E-state index contributed by atoms with van der Waals surface area (Å²) in [4.78, 5) is 13.0. The Kier molecular flexibility index (Phi) is 5.04. The molecule has 1 aromatic rings. The summed E-state index contributed by atoms with van der Waals surface area (Å²) in [5.41, 5.74) is 0.570. The molecule has 6 nitrogen and oxygen atoms in total. The molecule has 126 valence electrons. The molecular formula is C16H21ClN2O4. The lowest BCUT2D eigenvalue weighted by molar-refractivity contribution is -0.384. The second-order valence-electron chi connectivity index (χ2n) is 6.24. The maximum absolute atomic E-state index is 11.4. The summed E-state index contributed by atoms with van der Waals surface area (Å²) in [6, 6.07) is 4.72. The molecule has 0 spiro atoms. The summed E-state index contributed by atoms with van der Waals surface area (Å²) in [5, 5.41) is 22.1. The molecule has 1 N–H and O–H groups in total. The molecule has 1 heterocycles. The Hall–Kier alpha value is -1.37. The average molecular weight is 341 g/mol. The highest BCUT2D eigenvalue weighted by Crippen LogP contribution is 2.37. The summed E-state index contributed by atoms with van der Waals surface area (Å²) in [7, 11) is 0. The number of benzene rings is 1. The molecule has 1 aliphatic heterocycles. The Bertz CT molecular complexity index is 583. The molecule has 1 aromatic carbocycles. The van der Waals surface area contributed by atoms with Gasteiger partial charge >= 0.3 is 0 Å². The number of anilines is 1. The Morgan fingerprint density at radius 1 is 1.35 bits per heavy atom. The summed E-state index contributed by atoms with van der Waals surface area (Å²) in [6.45, 7) is 1.59. The van der Waals surface area contributed by atoms with Gasteiger partial charge in [0.05, 0.1) is 30.3 Å². The molecule has 2 fully saturated rings. The van der Waals surface area contributed by atoms with Crippen LogP contribution in [0, 0.1) is 16.0 Å². The largest absolute Gasteiger partial charge is 0.393 e. The molecule has 0 amide bonds. The number of ether oxygens (including phenoxy) is 1. The van der Waals surface area contributed by atoms with Crippen molar-refractivity contribution in [3.05, 3.63) is 33.3 Å². The van der Waals surface area contributed by atoms with Gasteiger partial charge in [0.2, 0.25) is 0 Å². The van der Waals surface area contributed by atoms with Gasteiger partial charge in [-0.25, -0.2) is 0 Å². The minimum absolute atomic E-state index is 0.00898. The van der Waals surface area contributed by atoms with E-state index >= 15 is 0 Å². The van der Waals surface area contributed by atoms with E-state index in [0.29, 0.717) is 30.5 Å². The minimum Gasteiger partial charge on any atom is -0.393 e. The number of hydrogen-bond donors (Lipinski definition) is 1. The van der Waals surface area contributed by atoms with Gasteiger partial charge in [0, 0.05) is 23.6 Å². The van der Waals surface area contributed by atoms with Gasteiger partial charge < -0.3 is 14.7 Å². The van der Waals surface area contributed by atoms with Crippen molar-refractivity contribution >= 4 is 23.0 Å². The van der Waals surface area contributed by atoms with Crippen molar-refractivity contribution in [3.8, 4) is 0 Å². The van der Waals surface area contributed by atoms with Crippen LogP contribution in [-0.2, 0) is 4.74 Å². The third kappa shape index (κ3) is 3.44. The number of hydrogen-bond acceptors (Lipinski definition) is 5. The van der Waals surface area contributed by atoms with Crippen LogP contribution in [0.5, 0.6) is 0 Å². The monoisotopic (exact) mass is 340 g/mol. The van der Waals surface area contributed by atoms with Crippen LogP contribution in [-0.4, -0.2) is 41.9 Å². The van der Waals surface area contributed by atoms with Crippen LogP contribution in [0.4, 0.5) is 11.4 Å². The van der Waals surface area contributed by atoms with Crippen molar-refractivity contribution in [2.45, 2.75) is 37.8 Å². The van der Waals surface area contributed by atoms with Gasteiger partial charge in [-0.15, -0.1) is 0 Å². The number of nitro groups is 1. The minimum atomic E-state index is -0.398. The molecular weight excluding hydrogens is 320 g/mol. The molecule has 1 aliphatic carbocycles. The van der Waals surface area contributed by atoms with Crippen molar-refractivity contribution < 1.29 is 14.8 Å². The van der Waals surface area contributed by atoms with Crippen LogP contribution in [0.2, 0.25) is 5.02 Å². The molecule has 1 saturated heterocycles. The van der Waals surface area contributed by atoms with Gasteiger partial charge in [-0.2, -0.15) is 0 Å². The molecule has 0 bridgehead atoms. The molecule has 23 heavy (non-hydrogen) atoms. The van der Waals surface area contributed by atoms with E-state index in [-0.39, 0.29) is 23.8 Å². The van der Waals surface area contributed by atoms with Crippen LogP contribution >= 0.6 is 11.6 Å². The molecule has 2 aliphatic rings. The van der Waals surface area contributed by atoms with Gasteiger partial charge in [-0.3, -0.25) is 10.1 Å². The summed E-state index contributed by atoms with van der Waals surface area (Å²) in [6.07, 6.45) is 3.45. The Labute approximate surface area is 140 Å². The maximum atomic E-state index is 11.4. The first kappa shape index (κ1) is 16.5. The van der Waals surface area contributed by atoms with Crippen LogP contribution < -0.4 is 4.90 Å². The van der Waals surface area contributed by atoms with E-state index in [0.717, 1.165) is 25.7 Å². The van der Waals surface area contributed by atoms with Crippen LogP contribution in [0.15, 0.2) is 18.2 Å². The van der Waals surface area contributed by atoms with E-state index in [1.54, 1.807) is 12.1 Å². The molecule has 3 rings (SSSR count). The highest BCUT2D eigenvalue weighted by molar-refractivity contribution is 6.30. The third-order valence-electron chi connectivity index (χ3n) is 4.88. The zero-order chi connectivity index (χ0) is 16.4. The van der Waals surface area contributed by atoms with Crippen LogP contribution in [0.1, 0.15) is 25.7 Å². The Balaban J connectivity index is 1.94. The fourth-order valence-electron chi connectivity index (χ4n) is 3.75. The molecule has 1 saturated carbocycles. The first-order chi connectivity index (χ1) is 11.1. The van der Waals surface area contributed by atoms with Crippen LogP contribution in [0.3, 0.4) is 0 Å². The average Bonchev–Trinajstić information content (AvgIpc) is 2.55. The number of halogens is 1. The molecule has 0 radical (unpaired) electrons. The normalized spacial score (nSPS) is 28.6. The lowest BCUT2D eigenvalue weighted by Gasteiger charge is -2.44. The zero-order valence-corrected chi connectivity index (χ0v) is 13.6. The second kappa shape index (κ2) is 7.03. The fourth-order valence-corrected chi connectivity index (χ4v) is 3.92. The zero-order valence-electron chi connectivity index (χ0n) is 12.9. The number of nitro benzene ring substituents is 1. The molecule has 0 aromatic heterocycles. The van der Waals surface area contributed by atoms with E-state index in [1.165, 1.54) is 6.07 Å². The summed E-state index contributed by atoms with van der Waals surface area (Å²) >= 11 is 5.92. The molecule has 7 heteroatoms. The SMILES string of the molecule is O=[N+]([O-])c1cc(Cl)ccc1N1CCOCC1C1CCCCC1O. The smallest absolute Gasteiger partial charge is 0.294 e. The lowest BCUT2D eigenvalue weighted by Crippen LogP contribution is -2.53. The highest BCUT2D eigenvalue weighted by Gasteiger charge is 2.38. The Morgan fingerprint density at radius 2 is 2.13 bits per heavy atom. The van der Waals surface area contributed by atoms with E-state index in [4.69, 9.17) is 16.3 Å². The van der Waals surface area contributed by atoms with Crippen molar-refractivity contribution in [1.29, 1.82) is 0 Å². The quantitative estimate of drug-likeness (QED) is 0.676. The molecule has 3 atom stereocenters. The standard InChI is InChI=1S/C16H21ClN2O4/c17-11-5-6-13(14(9-11)19(21)22)18-7-8-23-10-15(18)12-3-1-2-4-16(12)20/h5-6,9,12,15-16,20H,1-4,7-8,10H2. The van der Waals surface area contributed by atoms with E-state index < -0.39 is 4.92 Å². The van der Waals surface area contributed by atoms with Crippen molar-refractivity contribution in [2.75, 3.05) is 24.7 Å². The van der Waals surface area contributed by atoms with E-state index in [1.807, 2.05) is 4.90 Å². The maximum Gasteiger partial charge on any atom is 0.294 e.